The smallest absolute Gasteiger partial charge is 0.412 e. The Labute approximate surface area is 53.7 Å². The van der Waals surface area contributed by atoms with Crippen molar-refractivity contribution in [3.8, 4) is 0 Å². The zero-order valence-electron chi connectivity index (χ0n) is 5.52. The van der Waals surface area contributed by atoms with E-state index in [1.807, 2.05) is 13.8 Å². The van der Waals surface area contributed by atoms with Gasteiger partial charge in [-0.15, -0.1) is 0 Å². The third kappa shape index (κ3) is 1.22. The molecule has 3 nitrogen and oxygen atoms in total. The summed E-state index contributed by atoms with van der Waals surface area (Å²) in [5, 5.41) is 2.53. The molecule has 1 aliphatic heterocycles. The third-order valence-corrected chi connectivity index (χ3v) is 1.17. The highest BCUT2D eigenvalue weighted by atomic mass is 16.6. The molecule has 9 heavy (non-hydrogen) atoms. The van der Waals surface area contributed by atoms with Gasteiger partial charge in [0.25, 0.3) is 0 Å². The summed E-state index contributed by atoms with van der Waals surface area (Å²) >= 11 is 0. The zero-order chi connectivity index (χ0) is 6.85. The molecule has 1 heterocycles. The molecular weight excluding hydrogens is 118 g/mol. The summed E-state index contributed by atoms with van der Waals surface area (Å²) in [6.07, 6.45) is -0.341. The van der Waals surface area contributed by atoms with Gasteiger partial charge in [-0.1, -0.05) is 0 Å². The van der Waals surface area contributed by atoms with Crippen LogP contribution >= 0.6 is 0 Å². The maximum absolute atomic E-state index is 10.4. The molecule has 1 saturated heterocycles. The van der Waals surface area contributed by atoms with E-state index in [-0.39, 0.29) is 6.09 Å². The summed E-state index contributed by atoms with van der Waals surface area (Å²) in [5.41, 5.74) is 1.05. The van der Waals surface area contributed by atoms with E-state index in [4.69, 9.17) is 4.74 Å². The molecule has 50 valence electrons. The van der Waals surface area contributed by atoms with Gasteiger partial charge in [-0.2, -0.15) is 0 Å². The Kier molecular flexibility index (Phi) is 1.42. The average Bonchev–Trinajstić information content (AvgIpc) is 2.14. The second kappa shape index (κ2) is 2.09. The van der Waals surface area contributed by atoms with Crippen LogP contribution in [0.15, 0.2) is 11.3 Å². The van der Waals surface area contributed by atoms with Crippen LogP contribution in [-0.2, 0) is 4.74 Å². The highest BCUT2D eigenvalue weighted by Crippen LogP contribution is 2.08. The fourth-order valence-corrected chi connectivity index (χ4v) is 0.615. The van der Waals surface area contributed by atoms with E-state index < -0.39 is 0 Å². The predicted octanol–water partition coefficient (Wildman–Crippen LogP) is 1.02. The second-order valence-corrected chi connectivity index (χ2v) is 2.17. The number of rotatable bonds is 0. The van der Waals surface area contributed by atoms with Crippen molar-refractivity contribution in [2.45, 2.75) is 13.8 Å². The minimum atomic E-state index is -0.341. The first-order valence-corrected chi connectivity index (χ1v) is 2.82. The second-order valence-electron chi connectivity index (χ2n) is 2.17. The van der Waals surface area contributed by atoms with Crippen LogP contribution in [0, 0.1) is 0 Å². The van der Waals surface area contributed by atoms with Gasteiger partial charge in [-0.25, -0.2) is 4.79 Å². The van der Waals surface area contributed by atoms with Crippen molar-refractivity contribution in [1.29, 1.82) is 0 Å². The SMILES string of the molecule is CC(C)=C1CNC(=O)O1. The van der Waals surface area contributed by atoms with E-state index in [9.17, 15) is 4.79 Å². The Morgan fingerprint density at radius 2 is 2.33 bits per heavy atom. The summed E-state index contributed by atoms with van der Waals surface area (Å²) < 4.78 is 4.75. The van der Waals surface area contributed by atoms with Crippen molar-refractivity contribution >= 4 is 6.09 Å². The van der Waals surface area contributed by atoms with Crippen LogP contribution in [0.1, 0.15) is 13.8 Å². The monoisotopic (exact) mass is 127 g/mol. The lowest BCUT2D eigenvalue weighted by atomic mass is 10.3. The molecule has 0 spiro atoms. The van der Waals surface area contributed by atoms with Gasteiger partial charge in [-0.05, 0) is 19.4 Å². The molecule has 0 aromatic carbocycles. The van der Waals surface area contributed by atoms with Crippen LogP contribution in [0.5, 0.6) is 0 Å². The molecule has 1 amide bonds. The van der Waals surface area contributed by atoms with Crippen molar-refractivity contribution in [3.63, 3.8) is 0 Å². The van der Waals surface area contributed by atoms with Crippen molar-refractivity contribution in [3.05, 3.63) is 11.3 Å². The number of alkyl carbamates (subject to hydrolysis) is 1. The molecule has 0 bridgehead atoms. The van der Waals surface area contributed by atoms with E-state index in [1.165, 1.54) is 0 Å². The predicted molar refractivity (Wildman–Crippen MR) is 32.9 cm³/mol. The number of cyclic esters (lactones) is 1. The standard InChI is InChI=1S/C6H9NO2/c1-4(2)5-3-7-6(8)9-5/h3H2,1-2H3,(H,7,8). The van der Waals surface area contributed by atoms with Gasteiger partial charge in [0, 0.05) is 0 Å². The zero-order valence-corrected chi connectivity index (χ0v) is 5.52. The topological polar surface area (TPSA) is 38.3 Å². The lowest BCUT2D eigenvalue weighted by molar-refractivity contribution is 0.194. The largest absolute Gasteiger partial charge is 0.413 e. The molecule has 0 saturated carbocycles. The summed E-state index contributed by atoms with van der Waals surface area (Å²) in [6, 6.07) is 0. The first kappa shape index (κ1) is 6.13. The van der Waals surface area contributed by atoms with Gasteiger partial charge >= 0.3 is 6.09 Å². The number of amides is 1. The Morgan fingerprint density at radius 1 is 1.67 bits per heavy atom. The van der Waals surface area contributed by atoms with Gasteiger partial charge in [0.2, 0.25) is 0 Å². The first-order valence-electron chi connectivity index (χ1n) is 2.82. The molecule has 3 heteroatoms. The van der Waals surface area contributed by atoms with Gasteiger partial charge in [0.05, 0.1) is 6.54 Å². The summed E-state index contributed by atoms with van der Waals surface area (Å²) in [5.74, 6) is 0.750. The number of nitrogens with one attached hydrogen (secondary N) is 1. The first-order chi connectivity index (χ1) is 4.20. The summed E-state index contributed by atoms with van der Waals surface area (Å²) in [4.78, 5) is 10.4. The van der Waals surface area contributed by atoms with Crippen LogP contribution in [0.4, 0.5) is 4.79 Å². The number of allylic oxidation sites excluding steroid dienone is 1. The van der Waals surface area contributed by atoms with E-state index >= 15 is 0 Å². The van der Waals surface area contributed by atoms with Crippen LogP contribution in [0.3, 0.4) is 0 Å². The van der Waals surface area contributed by atoms with Gasteiger partial charge in [0.1, 0.15) is 5.76 Å². The third-order valence-electron chi connectivity index (χ3n) is 1.17. The Balaban J connectivity index is 2.69. The lowest BCUT2D eigenvalue weighted by Crippen LogP contribution is -2.11. The van der Waals surface area contributed by atoms with Crippen LogP contribution in [-0.4, -0.2) is 12.6 Å². The number of carbonyl (C=O) groups is 1. The Hall–Kier alpha value is -0.990. The lowest BCUT2D eigenvalue weighted by Gasteiger charge is -1.93. The number of hydrogen-bond acceptors (Lipinski definition) is 2. The Morgan fingerprint density at radius 3 is 2.56 bits per heavy atom. The minimum absolute atomic E-state index is 0.341. The number of carbonyl (C=O) groups excluding carboxylic acids is 1. The highest BCUT2D eigenvalue weighted by Gasteiger charge is 2.15. The minimum Gasteiger partial charge on any atom is -0.413 e. The van der Waals surface area contributed by atoms with Crippen LogP contribution in [0.25, 0.3) is 0 Å². The number of hydrogen-bond donors (Lipinski definition) is 1. The van der Waals surface area contributed by atoms with E-state index in [0.717, 1.165) is 11.3 Å². The highest BCUT2D eigenvalue weighted by molar-refractivity contribution is 5.71. The van der Waals surface area contributed by atoms with Crippen molar-refractivity contribution in [1.82, 2.24) is 5.32 Å². The maximum Gasteiger partial charge on any atom is 0.412 e. The van der Waals surface area contributed by atoms with Gasteiger partial charge < -0.3 is 10.1 Å². The van der Waals surface area contributed by atoms with Crippen molar-refractivity contribution in [2.24, 2.45) is 0 Å². The Bertz CT molecular complexity index is 168. The molecule has 1 rings (SSSR count). The maximum atomic E-state index is 10.4. The molecule has 0 radical (unpaired) electrons. The molecule has 1 N–H and O–H groups in total. The van der Waals surface area contributed by atoms with Crippen molar-refractivity contribution in [2.75, 3.05) is 6.54 Å². The molecular formula is C6H9NO2. The fourth-order valence-electron chi connectivity index (χ4n) is 0.615. The number of ether oxygens (including phenoxy) is 1. The normalized spacial score (nSPS) is 17.1. The van der Waals surface area contributed by atoms with Gasteiger partial charge in [-0.3, -0.25) is 0 Å². The molecule has 0 atom stereocenters. The van der Waals surface area contributed by atoms with Crippen LogP contribution < -0.4 is 5.32 Å². The summed E-state index contributed by atoms with van der Waals surface area (Å²) in [7, 11) is 0. The molecule has 1 fully saturated rings. The van der Waals surface area contributed by atoms with Gasteiger partial charge in [0.15, 0.2) is 0 Å². The quantitative estimate of drug-likeness (QED) is 0.527. The van der Waals surface area contributed by atoms with Crippen molar-refractivity contribution < 1.29 is 9.53 Å². The molecule has 0 aromatic rings. The molecule has 1 aliphatic rings. The average molecular weight is 127 g/mol. The molecule has 0 unspecified atom stereocenters. The summed E-state index contributed by atoms with van der Waals surface area (Å²) in [6.45, 7) is 4.37. The van der Waals surface area contributed by atoms with E-state index in [1.54, 1.807) is 0 Å². The molecule has 0 aromatic heterocycles. The molecule has 0 aliphatic carbocycles. The van der Waals surface area contributed by atoms with E-state index in [0.29, 0.717) is 6.54 Å². The van der Waals surface area contributed by atoms with E-state index in [2.05, 4.69) is 5.32 Å². The fraction of sp³-hybridized carbons (Fsp3) is 0.500. The van der Waals surface area contributed by atoms with Crippen LogP contribution in [0.2, 0.25) is 0 Å².